The second-order valence-corrected chi connectivity index (χ2v) is 4.66. The maximum atomic E-state index is 13.3. The van der Waals surface area contributed by atoms with E-state index in [9.17, 15) is 4.39 Å². The smallest absolute Gasteiger partial charge is 0.146 e. The minimum absolute atomic E-state index is 0.162. The number of halogens is 1. The number of rotatable bonds is 5. The quantitative estimate of drug-likeness (QED) is 0.790. The van der Waals surface area contributed by atoms with Gasteiger partial charge in [0.1, 0.15) is 5.82 Å². The Labute approximate surface area is 103 Å². The summed E-state index contributed by atoms with van der Waals surface area (Å²) in [4.78, 5) is 2.51. The molecule has 0 saturated carbocycles. The first-order valence-electron chi connectivity index (χ1n) is 6.57. The molecule has 94 valence electrons. The normalized spacial score (nSPS) is 17.0. The van der Waals surface area contributed by atoms with Crippen LogP contribution in [0.5, 0.6) is 0 Å². The van der Waals surface area contributed by atoms with Crippen molar-refractivity contribution in [2.75, 3.05) is 31.5 Å². The Morgan fingerprint density at radius 3 is 2.65 bits per heavy atom. The minimum atomic E-state index is -0.162. The van der Waals surface area contributed by atoms with Crippen molar-refractivity contribution in [3.8, 4) is 0 Å². The average Bonchev–Trinajstić information content (AvgIpc) is 2.38. The van der Waals surface area contributed by atoms with E-state index in [1.165, 1.54) is 38.4 Å². The summed E-state index contributed by atoms with van der Waals surface area (Å²) in [5.74, 6) is -0.162. The van der Waals surface area contributed by atoms with Gasteiger partial charge in [0.15, 0.2) is 0 Å². The Morgan fingerprint density at radius 2 is 1.88 bits per heavy atom. The van der Waals surface area contributed by atoms with E-state index in [1.54, 1.807) is 12.1 Å². The van der Waals surface area contributed by atoms with E-state index in [1.807, 2.05) is 6.07 Å². The highest BCUT2D eigenvalue weighted by molar-refractivity contribution is 5.44. The zero-order chi connectivity index (χ0) is 11.9. The Morgan fingerprint density at radius 1 is 1.12 bits per heavy atom. The van der Waals surface area contributed by atoms with Gasteiger partial charge in [-0.15, -0.1) is 0 Å². The van der Waals surface area contributed by atoms with Crippen molar-refractivity contribution in [3.63, 3.8) is 0 Å². The van der Waals surface area contributed by atoms with Crippen LogP contribution in [0.4, 0.5) is 10.1 Å². The number of benzene rings is 1. The van der Waals surface area contributed by atoms with E-state index in [4.69, 9.17) is 0 Å². The number of piperidine rings is 1. The summed E-state index contributed by atoms with van der Waals surface area (Å²) in [5, 5.41) is 3.15. The lowest BCUT2D eigenvalue weighted by Gasteiger charge is -2.26. The zero-order valence-electron chi connectivity index (χ0n) is 10.3. The van der Waals surface area contributed by atoms with Crippen molar-refractivity contribution in [3.05, 3.63) is 30.1 Å². The van der Waals surface area contributed by atoms with Gasteiger partial charge in [0.05, 0.1) is 5.69 Å². The molecule has 0 bridgehead atoms. The molecule has 1 aromatic rings. The summed E-state index contributed by atoms with van der Waals surface area (Å²) in [6.45, 7) is 4.44. The highest BCUT2D eigenvalue weighted by atomic mass is 19.1. The molecule has 1 N–H and O–H groups in total. The van der Waals surface area contributed by atoms with Gasteiger partial charge in [-0.05, 0) is 51.0 Å². The van der Waals surface area contributed by atoms with E-state index in [-0.39, 0.29) is 5.82 Å². The maximum Gasteiger partial charge on any atom is 0.146 e. The van der Waals surface area contributed by atoms with E-state index < -0.39 is 0 Å². The lowest BCUT2D eigenvalue weighted by molar-refractivity contribution is 0.228. The molecule has 1 saturated heterocycles. The van der Waals surface area contributed by atoms with Gasteiger partial charge in [-0.25, -0.2) is 4.39 Å². The van der Waals surface area contributed by atoms with Crippen LogP contribution in [-0.4, -0.2) is 31.1 Å². The van der Waals surface area contributed by atoms with Gasteiger partial charge in [-0.1, -0.05) is 18.6 Å². The van der Waals surface area contributed by atoms with Gasteiger partial charge in [0.25, 0.3) is 0 Å². The fourth-order valence-electron chi connectivity index (χ4n) is 2.31. The number of para-hydroxylation sites is 1. The molecule has 3 heteroatoms. The molecule has 0 radical (unpaired) electrons. The molecule has 1 heterocycles. The van der Waals surface area contributed by atoms with E-state index in [0.717, 1.165) is 19.5 Å². The molecule has 0 aromatic heterocycles. The van der Waals surface area contributed by atoms with Crippen LogP contribution in [0.1, 0.15) is 25.7 Å². The third kappa shape index (κ3) is 4.00. The molecule has 0 aliphatic carbocycles. The monoisotopic (exact) mass is 236 g/mol. The minimum Gasteiger partial charge on any atom is -0.383 e. The summed E-state index contributed by atoms with van der Waals surface area (Å²) in [7, 11) is 0. The Balaban J connectivity index is 1.64. The highest BCUT2D eigenvalue weighted by Gasteiger charge is 2.08. The topological polar surface area (TPSA) is 15.3 Å². The summed E-state index contributed by atoms with van der Waals surface area (Å²) in [6.07, 6.45) is 5.12. The van der Waals surface area contributed by atoms with Crippen molar-refractivity contribution >= 4 is 5.69 Å². The van der Waals surface area contributed by atoms with Gasteiger partial charge in [0.2, 0.25) is 0 Å². The fraction of sp³-hybridized carbons (Fsp3) is 0.571. The molecule has 0 unspecified atom stereocenters. The third-order valence-corrected chi connectivity index (χ3v) is 3.29. The van der Waals surface area contributed by atoms with Crippen molar-refractivity contribution in [1.82, 2.24) is 4.90 Å². The lowest BCUT2D eigenvalue weighted by Crippen LogP contribution is -2.31. The zero-order valence-corrected chi connectivity index (χ0v) is 10.3. The van der Waals surface area contributed by atoms with Crippen molar-refractivity contribution in [1.29, 1.82) is 0 Å². The van der Waals surface area contributed by atoms with Gasteiger partial charge in [-0.2, -0.15) is 0 Å². The standard InChI is InChI=1S/C14H21FN2/c15-13-7-2-3-8-14(13)16-9-6-12-17-10-4-1-5-11-17/h2-3,7-8,16H,1,4-6,9-12H2. The molecular formula is C14H21FN2. The molecule has 0 atom stereocenters. The van der Waals surface area contributed by atoms with E-state index in [0.29, 0.717) is 5.69 Å². The van der Waals surface area contributed by atoms with Crippen LogP contribution in [0.25, 0.3) is 0 Å². The van der Waals surface area contributed by atoms with Gasteiger partial charge >= 0.3 is 0 Å². The number of hydrogen-bond donors (Lipinski definition) is 1. The highest BCUT2D eigenvalue weighted by Crippen LogP contribution is 2.12. The van der Waals surface area contributed by atoms with E-state index >= 15 is 0 Å². The first-order valence-corrected chi connectivity index (χ1v) is 6.57. The van der Waals surface area contributed by atoms with Crippen LogP contribution in [0, 0.1) is 5.82 Å². The average molecular weight is 236 g/mol. The molecule has 1 aliphatic heterocycles. The van der Waals surface area contributed by atoms with Gasteiger partial charge in [0, 0.05) is 6.54 Å². The van der Waals surface area contributed by atoms with Crippen LogP contribution in [0.3, 0.4) is 0 Å². The number of nitrogens with one attached hydrogen (secondary N) is 1. The summed E-state index contributed by atoms with van der Waals surface area (Å²) in [5.41, 5.74) is 0.617. The molecule has 1 aromatic carbocycles. The van der Waals surface area contributed by atoms with Crippen LogP contribution >= 0.6 is 0 Å². The summed E-state index contributed by atoms with van der Waals surface area (Å²) < 4.78 is 13.3. The number of hydrogen-bond acceptors (Lipinski definition) is 2. The first kappa shape index (κ1) is 12.4. The number of likely N-dealkylation sites (tertiary alicyclic amines) is 1. The van der Waals surface area contributed by atoms with Crippen LogP contribution < -0.4 is 5.32 Å². The lowest BCUT2D eigenvalue weighted by atomic mass is 10.1. The van der Waals surface area contributed by atoms with Crippen LogP contribution in [0.2, 0.25) is 0 Å². The Bertz CT molecular complexity index is 335. The van der Waals surface area contributed by atoms with Gasteiger partial charge in [-0.3, -0.25) is 0 Å². The number of nitrogens with zero attached hydrogens (tertiary/aromatic N) is 1. The summed E-state index contributed by atoms with van der Waals surface area (Å²) >= 11 is 0. The molecule has 0 spiro atoms. The fourth-order valence-corrected chi connectivity index (χ4v) is 2.31. The molecule has 1 fully saturated rings. The summed E-state index contributed by atoms with van der Waals surface area (Å²) in [6, 6.07) is 6.85. The molecular weight excluding hydrogens is 215 g/mol. The molecule has 17 heavy (non-hydrogen) atoms. The number of anilines is 1. The van der Waals surface area contributed by atoms with Crippen molar-refractivity contribution in [2.45, 2.75) is 25.7 Å². The van der Waals surface area contributed by atoms with Crippen LogP contribution in [0.15, 0.2) is 24.3 Å². The largest absolute Gasteiger partial charge is 0.383 e. The van der Waals surface area contributed by atoms with Crippen LogP contribution in [-0.2, 0) is 0 Å². The molecule has 2 rings (SSSR count). The Hall–Kier alpha value is -1.09. The predicted molar refractivity (Wildman–Crippen MR) is 69.8 cm³/mol. The third-order valence-electron chi connectivity index (χ3n) is 3.29. The second kappa shape index (κ2) is 6.60. The maximum absolute atomic E-state index is 13.3. The Kier molecular flexibility index (Phi) is 4.80. The predicted octanol–water partition coefficient (Wildman–Crippen LogP) is 3.11. The first-order chi connectivity index (χ1) is 8.36. The second-order valence-electron chi connectivity index (χ2n) is 4.66. The SMILES string of the molecule is Fc1ccccc1NCCCN1CCCCC1. The van der Waals surface area contributed by atoms with Crippen molar-refractivity contribution in [2.24, 2.45) is 0 Å². The molecule has 1 aliphatic rings. The molecule has 2 nitrogen and oxygen atoms in total. The molecule has 0 amide bonds. The van der Waals surface area contributed by atoms with Crippen molar-refractivity contribution < 1.29 is 4.39 Å². The van der Waals surface area contributed by atoms with E-state index in [2.05, 4.69) is 10.2 Å². The van der Waals surface area contributed by atoms with Gasteiger partial charge < -0.3 is 10.2 Å².